The summed E-state index contributed by atoms with van der Waals surface area (Å²) in [5, 5.41) is 15.8. The molecule has 2 atom stereocenters. The zero-order valence-corrected chi connectivity index (χ0v) is 14.3. The predicted molar refractivity (Wildman–Crippen MR) is 91.9 cm³/mol. The Morgan fingerprint density at radius 3 is 3.00 bits per heavy atom. The maximum atomic E-state index is 12.2. The minimum Gasteiger partial charge on any atom is -0.508 e. The molecule has 0 saturated heterocycles. The number of carbonyl (C=O) groups is 1. The number of hydrogen-bond donors (Lipinski definition) is 2. The molecule has 1 saturated carbocycles. The molecule has 3 rings (SSSR count). The summed E-state index contributed by atoms with van der Waals surface area (Å²) in [5.74, 6) is 1.11. The Balaban J connectivity index is 1.45. The lowest BCUT2D eigenvalue weighted by atomic mass is 10.1. The van der Waals surface area contributed by atoms with E-state index in [0.29, 0.717) is 12.5 Å². The lowest BCUT2D eigenvalue weighted by Gasteiger charge is -2.04. The summed E-state index contributed by atoms with van der Waals surface area (Å²) in [5.41, 5.74) is 2.10. The predicted octanol–water partition coefficient (Wildman–Crippen LogP) is 3.43. The van der Waals surface area contributed by atoms with Crippen molar-refractivity contribution in [3.05, 3.63) is 45.9 Å². The van der Waals surface area contributed by atoms with Crippen molar-refractivity contribution in [2.45, 2.75) is 38.5 Å². The smallest absolute Gasteiger partial charge is 0.223 e. The highest BCUT2D eigenvalue weighted by atomic mass is 32.1. The average Bonchev–Trinajstić information content (AvgIpc) is 3.18. The summed E-state index contributed by atoms with van der Waals surface area (Å²) >= 11 is 1.69. The minimum absolute atomic E-state index is 0.0402. The molecule has 1 aliphatic rings. The molecule has 5 heteroatoms. The fraction of sp³-hybridized carbons (Fsp3) is 0.444. The first-order valence-electron chi connectivity index (χ1n) is 8.05. The number of nitrogens with one attached hydrogen (secondary N) is 1. The molecule has 23 heavy (non-hydrogen) atoms. The van der Waals surface area contributed by atoms with E-state index in [4.69, 9.17) is 0 Å². The molecule has 0 bridgehead atoms. The van der Waals surface area contributed by atoms with Gasteiger partial charge in [0.25, 0.3) is 0 Å². The van der Waals surface area contributed by atoms with Crippen molar-refractivity contribution in [3.8, 4) is 5.75 Å². The van der Waals surface area contributed by atoms with Crippen LogP contribution in [-0.4, -0.2) is 22.5 Å². The number of thiazole rings is 1. The van der Waals surface area contributed by atoms with E-state index in [-0.39, 0.29) is 23.5 Å². The van der Waals surface area contributed by atoms with Crippen molar-refractivity contribution in [3.63, 3.8) is 0 Å². The van der Waals surface area contributed by atoms with E-state index >= 15 is 0 Å². The molecule has 1 aromatic carbocycles. The number of benzene rings is 1. The number of rotatable bonds is 6. The van der Waals surface area contributed by atoms with Gasteiger partial charge in [0.1, 0.15) is 5.75 Å². The molecule has 1 heterocycles. The van der Waals surface area contributed by atoms with Gasteiger partial charge in [-0.2, -0.15) is 0 Å². The van der Waals surface area contributed by atoms with Gasteiger partial charge in [-0.1, -0.05) is 26.0 Å². The van der Waals surface area contributed by atoms with Crippen LogP contribution in [0.3, 0.4) is 0 Å². The van der Waals surface area contributed by atoms with Gasteiger partial charge in [0.15, 0.2) is 0 Å². The van der Waals surface area contributed by atoms with Gasteiger partial charge in [-0.25, -0.2) is 4.98 Å². The SMILES string of the molecule is CC(C)c1nc(CCNC(=O)[C@H]2C[C@H]2c2cccc(O)c2)cs1. The monoisotopic (exact) mass is 330 g/mol. The normalized spacial score (nSPS) is 19.8. The Kier molecular flexibility index (Phi) is 4.66. The van der Waals surface area contributed by atoms with Gasteiger partial charge >= 0.3 is 0 Å². The van der Waals surface area contributed by atoms with Crippen LogP contribution in [0.25, 0.3) is 0 Å². The molecule has 122 valence electrons. The summed E-state index contributed by atoms with van der Waals surface area (Å²) in [7, 11) is 0. The van der Waals surface area contributed by atoms with Gasteiger partial charge in [0, 0.05) is 30.2 Å². The Morgan fingerprint density at radius 1 is 1.48 bits per heavy atom. The van der Waals surface area contributed by atoms with Crippen LogP contribution in [0.15, 0.2) is 29.6 Å². The first kappa shape index (κ1) is 16.0. The van der Waals surface area contributed by atoms with E-state index in [1.165, 1.54) is 0 Å². The van der Waals surface area contributed by atoms with Crippen LogP contribution >= 0.6 is 11.3 Å². The van der Waals surface area contributed by atoms with Crippen LogP contribution in [0.1, 0.15) is 48.4 Å². The quantitative estimate of drug-likeness (QED) is 0.853. The molecule has 1 fully saturated rings. The third kappa shape index (κ3) is 3.91. The van der Waals surface area contributed by atoms with Crippen molar-refractivity contribution in [1.29, 1.82) is 0 Å². The number of aromatic hydroxyl groups is 1. The van der Waals surface area contributed by atoms with E-state index in [1.807, 2.05) is 12.1 Å². The molecule has 4 nitrogen and oxygen atoms in total. The fourth-order valence-corrected chi connectivity index (χ4v) is 3.63. The van der Waals surface area contributed by atoms with Crippen LogP contribution < -0.4 is 5.32 Å². The third-order valence-corrected chi connectivity index (χ3v) is 5.36. The lowest BCUT2D eigenvalue weighted by molar-refractivity contribution is -0.122. The summed E-state index contributed by atoms with van der Waals surface area (Å²) in [6, 6.07) is 7.20. The molecule has 2 aromatic rings. The zero-order chi connectivity index (χ0) is 16.4. The molecule has 0 unspecified atom stereocenters. The molecule has 1 aliphatic carbocycles. The van der Waals surface area contributed by atoms with Gasteiger partial charge in [-0.3, -0.25) is 4.79 Å². The Bertz CT molecular complexity index is 696. The van der Waals surface area contributed by atoms with Crippen molar-refractivity contribution in [2.24, 2.45) is 5.92 Å². The summed E-state index contributed by atoms with van der Waals surface area (Å²) < 4.78 is 0. The summed E-state index contributed by atoms with van der Waals surface area (Å²) in [4.78, 5) is 16.8. The molecular formula is C18H22N2O2S. The van der Waals surface area contributed by atoms with Gasteiger partial charge in [0.05, 0.1) is 10.7 Å². The maximum Gasteiger partial charge on any atom is 0.223 e. The second kappa shape index (κ2) is 6.71. The number of carbonyl (C=O) groups excluding carboxylic acids is 1. The fourth-order valence-electron chi connectivity index (χ4n) is 2.76. The van der Waals surface area contributed by atoms with Crippen LogP contribution in [-0.2, 0) is 11.2 Å². The second-order valence-electron chi connectivity index (χ2n) is 6.42. The van der Waals surface area contributed by atoms with Gasteiger partial charge in [-0.05, 0) is 30.0 Å². The molecule has 0 aliphatic heterocycles. The largest absolute Gasteiger partial charge is 0.508 e. The van der Waals surface area contributed by atoms with Crippen molar-refractivity contribution < 1.29 is 9.90 Å². The van der Waals surface area contributed by atoms with Gasteiger partial charge < -0.3 is 10.4 Å². The number of hydrogen-bond acceptors (Lipinski definition) is 4. The average molecular weight is 330 g/mol. The van der Waals surface area contributed by atoms with Crippen molar-refractivity contribution >= 4 is 17.2 Å². The van der Waals surface area contributed by atoms with Crippen molar-refractivity contribution in [2.75, 3.05) is 6.54 Å². The standard InChI is InChI=1S/C18H22N2O2S/c1-11(2)18-20-13(10-23-18)6-7-19-17(22)16-9-15(16)12-4-3-5-14(21)8-12/h3-5,8,10-11,15-16,21H,6-7,9H2,1-2H3,(H,19,22)/t15-,16-/m0/s1. The van der Waals surface area contributed by atoms with Gasteiger partial charge in [-0.15, -0.1) is 11.3 Å². The highest BCUT2D eigenvalue weighted by Gasteiger charge is 2.43. The van der Waals surface area contributed by atoms with Crippen LogP contribution in [0.5, 0.6) is 5.75 Å². The third-order valence-electron chi connectivity index (χ3n) is 4.17. The van der Waals surface area contributed by atoms with Crippen molar-refractivity contribution in [1.82, 2.24) is 10.3 Å². The zero-order valence-electron chi connectivity index (χ0n) is 13.5. The van der Waals surface area contributed by atoms with E-state index in [0.717, 1.165) is 29.1 Å². The van der Waals surface area contributed by atoms with E-state index < -0.39 is 0 Å². The number of phenols is 1. The highest BCUT2D eigenvalue weighted by molar-refractivity contribution is 7.09. The highest BCUT2D eigenvalue weighted by Crippen LogP contribution is 2.48. The minimum atomic E-state index is 0.0402. The second-order valence-corrected chi connectivity index (χ2v) is 7.31. The van der Waals surface area contributed by atoms with E-state index in [9.17, 15) is 9.90 Å². The first-order valence-corrected chi connectivity index (χ1v) is 8.93. The van der Waals surface area contributed by atoms with E-state index in [2.05, 4.69) is 29.5 Å². The number of nitrogens with zero attached hydrogens (tertiary/aromatic N) is 1. The Labute approximate surface area is 140 Å². The first-order chi connectivity index (χ1) is 11.0. The molecule has 0 spiro atoms. The van der Waals surface area contributed by atoms with Crippen LogP contribution in [0.2, 0.25) is 0 Å². The summed E-state index contributed by atoms with van der Waals surface area (Å²) in [6.07, 6.45) is 1.64. The molecule has 0 radical (unpaired) electrons. The molecule has 1 aromatic heterocycles. The Morgan fingerprint density at radius 2 is 2.30 bits per heavy atom. The van der Waals surface area contributed by atoms with Crippen LogP contribution in [0.4, 0.5) is 0 Å². The molecular weight excluding hydrogens is 308 g/mol. The Hall–Kier alpha value is -1.88. The molecule has 2 N–H and O–H groups in total. The lowest BCUT2D eigenvalue weighted by Crippen LogP contribution is -2.27. The number of phenolic OH excluding ortho intramolecular Hbond substituents is 1. The maximum absolute atomic E-state index is 12.2. The number of amides is 1. The van der Waals surface area contributed by atoms with Crippen LogP contribution in [0, 0.1) is 5.92 Å². The summed E-state index contributed by atoms with van der Waals surface area (Å²) in [6.45, 7) is 4.90. The topological polar surface area (TPSA) is 62.2 Å². The number of aromatic nitrogens is 1. The van der Waals surface area contributed by atoms with E-state index in [1.54, 1.807) is 23.5 Å². The van der Waals surface area contributed by atoms with Gasteiger partial charge in [0.2, 0.25) is 5.91 Å². The molecule has 1 amide bonds.